The highest BCUT2D eigenvalue weighted by Gasteiger charge is 2.35. The van der Waals surface area contributed by atoms with Gasteiger partial charge in [-0.25, -0.2) is 8.42 Å². The monoisotopic (exact) mass is 685 g/mol. The number of rotatable bonds is 11. The van der Waals surface area contributed by atoms with Gasteiger partial charge in [0.15, 0.2) is 0 Å². The zero-order valence-corrected chi connectivity index (χ0v) is 28.2. The number of benzene rings is 4. The Morgan fingerprint density at radius 1 is 0.778 bits per heavy atom. The van der Waals surface area contributed by atoms with E-state index in [1.807, 2.05) is 51.1 Å². The predicted molar refractivity (Wildman–Crippen MR) is 181 cm³/mol. The van der Waals surface area contributed by atoms with E-state index in [2.05, 4.69) is 5.32 Å². The van der Waals surface area contributed by atoms with E-state index in [4.69, 9.17) is 34.8 Å². The average molecular weight is 687 g/mol. The van der Waals surface area contributed by atoms with Crippen LogP contribution in [-0.4, -0.2) is 43.3 Å². The van der Waals surface area contributed by atoms with Crippen LogP contribution in [0, 0.1) is 0 Å². The number of nitrogens with one attached hydrogen (secondary N) is 1. The lowest BCUT2D eigenvalue weighted by molar-refractivity contribution is -0.140. The topological polar surface area (TPSA) is 86.8 Å². The molecule has 11 heteroatoms. The van der Waals surface area contributed by atoms with Gasteiger partial charge in [-0.3, -0.25) is 13.9 Å². The van der Waals surface area contributed by atoms with E-state index < -0.39 is 34.1 Å². The number of halogens is 3. The largest absolute Gasteiger partial charge is 0.350 e. The molecule has 0 aliphatic rings. The summed E-state index contributed by atoms with van der Waals surface area (Å²) in [5.74, 6) is -0.971. The van der Waals surface area contributed by atoms with Gasteiger partial charge in [0, 0.05) is 23.5 Å². The van der Waals surface area contributed by atoms with Gasteiger partial charge in [0.2, 0.25) is 11.8 Å². The second-order valence-electron chi connectivity index (χ2n) is 11.5. The third-order valence-electron chi connectivity index (χ3n) is 6.84. The minimum absolute atomic E-state index is 0.0144. The summed E-state index contributed by atoms with van der Waals surface area (Å²) in [6.07, 6.45) is 0.195. The molecular formula is C34H34Cl3N3O4S. The Morgan fingerprint density at radius 3 is 1.96 bits per heavy atom. The number of amides is 2. The molecule has 45 heavy (non-hydrogen) atoms. The molecule has 2 amide bonds. The lowest BCUT2D eigenvalue weighted by atomic mass is 10.0. The van der Waals surface area contributed by atoms with Gasteiger partial charge < -0.3 is 10.2 Å². The molecule has 0 radical (unpaired) electrons. The molecule has 0 bridgehead atoms. The maximum Gasteiger partial charge on any atom is 0.264 e. The summed E-state index contributed by atoms with van der Waals surface area (Å²) >= 11 is 18.6. The van der Waals surface area contributed by atoms with Crippen LogP contribution in [-0.2, 0) is 32.6 Å². The number of anilines is 1. The van der Waals surface area contributed by atoms with Gasteiger partial charge in [-0.05, 0) is 74.4 Å². The summed E-state index contributed by atoms with van der Waals surface area (Å²) in [7, 11) is -4.26. The van der Waals surface area contributed by atoms with Crippen LogP contribution >= 0.6 is 34.8 Å². The Morgan fingerprint density at radius 2 is 1.38 bits per heavy atom. The zero-order valence-electron chi connectivity index (χ0n) is 25.1. The summed E-state index contributed by atoms with van der Waals surface area (Å²) in [6.45, 7) is 4.97. The Labute approximate surface area is 279 Å². The molecule has 1 atom stereocenters. The molecule has 1 N–H and O–H groups in total. The van der Waals surface area contributed by atoms with Crippen molar-refractivity contribution >= 4 is 62.3 Å². The number of nitrogens with zero attached hydrogens (tertiary/aromatic N) is 2. The van der Waals surface area contributed by atoms with Crippen molar-refractivity contribution < 1.29 is 18.0 Å². The maximum atomic E-state index is 14.5. The summed E-state index contributed by atoms with van der Waals surface area (Å²) in [5, 5.41) is 3.88. The van der Waals surface area contributed by atoms with Crippen molar-refractivity contribution in [3.8, 4) is 0 Å². The van der Waals surface area contributed by atoms with Crippen molar-refractivity contribution in [1.29, 1.82) is 0 Å². The fraction of sp³-hybridized carbons (Fsp3) is 0.235. The first-order valence-corrected chi connectivity index (χ1v) is 16.7. The fourth-order valence-electron chi connectivity index (χ4n) is 4.68. The lowest BCUT2D eigenvalue weighted by Gasteiger charge is -2.35. The van der Waals surface area contributed by atoms with Gasteiger partial charge in [0.1, 0.15) is 12.6 Å². The third-order valence-corrected chi connectivity index (χ3v) is 9.62. The average Bonchev–Trinajstić information content (AvgIpc) is 3.00. The van der Waals surface area contributed by atoms with Crippen LogP contribution in [0.5, 0.6) is 0 Å². The van der Waals surface area contributed by atoms with Gasteiger partial charge in [0.05, 0.1) is 20.6 Å². The summed E-state index contributed by atoms with van der Waals surface area (Å²) in [6, 6.07) is 27.4. The van der Waals surface area contributed by atoms with E-state index in [0.29, 0.717) is 10.6 Å². The van der Waals surface area contributed by atoms with Crippen molar-refractivity contribution in [2.45, 2.75) is 50.2 Å². The smallest absolute Gasteiger partial charge is 0.264 e. The summed E-state index contributed by atoms with van der Waals surface area (Å²) < 4.78 is 29.1. The van der Waals surface area contributed by atoms with Crippen LogP contribution in [0.2, 0.25) is 15.1 Å². The van der Waals surface area contributed by atoms with Crippen molar-refractivity contribution in [2.24, 2.45) is 0 Å². The van der Waals surface area contributed by atoms with Gasteiger partial charge in [-0.15, -0.1) is 0 Å². The molecule has 0 fully saturated rings. The molecule has 0 heterocycles. The first-order valence-electron chi connectivity index (χ1n) is 14.2. The van der Waals surface area contributed by atoms with Gasteiger partial charge in [-0.1, -0.05) is 95.5 Å². The Bertz CT molecular complexity index is 1730. The SMILES string of the molecule is CC(C)(C)NC(=O)[C@H](Cc1ccccc1)N(Cc1ccc(Cl)cc1)C(=O)CN(c1ccc(Cl)c(Cl)c1)S(=O)(=O)c1ccccc1. The van der Waals surface area contributed by atoms with E-state index in [0.717, 1.165) is 9.87 Å². The molecule has 236 valence electrons. The van der Waals surface area contributed by atoms with Crippen molar-refractivity contribution in [3.63, 3.8) is 0 Å². The minimum atomic E-state index is -4.26. The molecule has 0 saturated heterocycles. The standard InChI is InChI=1S/C34H34Cl3N3O4S/c1-34(2,3)38-33(42)31(20-24-10-6-4-7-11-24)39(22-25-14-16-26(35)17-15-25)32(41)23-40(27-18-19-29(36)30(37)21-27)45(43,44)28-12-8-5-9-13-28/h4-19,21,31H,20,22-23H2,1-3H3,(H,38,42)/t31-/m0/s1. The normalized spacial score (nSPS) is 12.3. The number of hydrogen-bond acceptors (Lipinski definition) is 4. The van der Waals surface area contributed by atoms with Crippen LogP contribution in [0.4, 0.5) is 5.69 Å². The van der Waals surface area contributed by atoms with Crippen LogP contribution in [0.1, 0.15) is 31.9 Å². The van der Waals surface area contributed by atoms with Crippen LogP contribution in [0.3, 0.4) is 0 Å². The zero-order chi connectivity index (χ0) is 32.8. The van der Waals surface area contributed by atoms with E-state index in [-0.39, 0.29) is 39.5 Å². The lowest BCUT2D eigenvalue weighted by Crippen LogP contribution is -2.56. The molecule has 4 aromatic carbocycles. The highest BCUT2D eigenvalue weighted by molar-refractivity contribution is 7.92. The summed E-state index contributed by atoms with van der Waals surface area (Å²) in [4.78, 5) is 29.8. The highest BCUT2D eigenvalue weighted by atomic mass is 35.5. The Balaban J connectivity index is 1.82. The van der Waals surface area contributed by atoms with Crippen molar-refractivity contribution in [2.75, 3.05) is 10.8 Å². The Kier molecular flexibility index (Phi) is 11.2. The molecule has 0 saturated carbocycles. The second-order valence-corrected chi connectivity index (χ2v) is 14.6. The van der Waals surface area contributed by atoms with Crippen molar-refractivity contribution in [3.05, 3.63) is 129 Å². The maximum absolute atomic E-state index is 14.5. The predicted octanol–water partition coefficient (Wildman–Crippen LogP) is 7.40. The molecule has 7 nitrogen and oxygen atoms in total. The molecule has 4 rings (SSSR count). The van der Waals surface area contributed by atoms with Crippen LogP contribution in [0.15, 0.2) is 108 Å². The van der Waals surface area contributed by atoms with E-state index in [9.17, 15) is 18.0 Å². The molecular weight excluding hydrogens is 653 g/mol. The van der Waals surface area contributed by atoms with Gasteiger partial charge in [0.25, 0.3) is 10.0 Å². The number of hydrogen-bond donors (Lipinski definition) is 1. The molecule has 0 aromatic heterocycles. The highest BCUT2D eigenvalue weighted by Crippen LogP contribution is 2.31. The first-order chi connectivity index (χ1) is 21.2. The van der Waals surface area contributed by atoms with E-state index >= 15 is 0 Å². The summed E-state index contributed by atoms with van der Waals surface area (Å²) in [5.41, 5.74) is 1.09. The second kappa shape index (κ2) is 14.7. The quantitative estimate of drug-likeness (QED) is 0.178. The van der Waals surface area contributed by atoms with Crippen LogP contribution < -0.4 is 9.62 Å². The molecule has 0 aliphatic carbocycles. The van der Waals surface area contributed by atoms with Gasteiger partial charge in [-0.2, -0.15) is 0 Å². The Hall–Kier alpha value is -3.56. The minimum Gasteiger partial charge on any atom is -0.350 e. The number of sulfonamides is 1. The van der Waals surface area contributed by atoms with Crippen molar-refractivity contribution in [1.82, 2.24) is 10.2 Å². The fourth-order valence-corrected chi connectivity index (χ4v) is 6.53. The van der Waals surface area contributed by atoms with Crippen LogP contribution in [0.25, 0.3) is 0 Å². The number of carbonyl (C=O) groups is 2. The van der Waals surface area contributed by atoms with E-state index in [1.54, 1.807) is 42.5 Å². The molecule has 0 spiro atoms. The molecule has 0 unspecified atom stereocenters. The molecule has 0 aliphatic heterocycles. The number of carbonyl (C=O) groups excluding carboxylic acids is 2. The first kappa shape index (κ1) is 34.3. The van der Waals surface area contributed by atoms with E-state index in [1.165, 1.54) is 35.2 Å². The van der Waals surface area contributed by atoms with Gasteiger partial charge >= 0.3 is 0 Å². The third kappa shape index (κ3) is 9.23. The molecule has 4 aromatic rings.